The van der Waals surface area contributed by atoms with Crippen LogP contribution in [0.15, 0.2) is 53.4 Å². The standard InChI is InChI=1S/C17H16F2N2O3S/c18-17(19)25(23,24)15-9-5-13(6-10-15)20-12-3-7-14(8-4-12)21-11-1-2-16(21)22/h3-10,17,20H,1-2,11H2. The topological polar surface area (TPSA) is 66.5 Å². The van der Waals surface area contributed by atoms with Crippen molar-refractivity contribution in [1.82, 2.24) is 0 Å². The Bertz CT molecular complexity index is 866. The van der Waals surface area contributed by atoms with Crippen LogP contribution >= 0.6 is 0 Å². The highest BCUT2D eigenvalue weighted by Crippen LogP contribution is 2.26. The first-order valence-corrected chi connectivity index (χ1v) is 9.22. The van der Waals surface area contributed by atoms with Crippen molar-refractivity contribution in [3.63, 3.8) is 0 Å². The number of nitrogens with zero attached hydrogens (tertiary/aromatic N) is 1. The van der Waals surface area contributed by atoms with Gasteiger partial charge < -0.3 is 10.2 Å². The Kier molecular flexibility index (Phi) is 4.71. The minimum Gasteiger partial charge on any atom is -0.356 e. The summed E-state index contributed by atoms with van der Waals surface area (Å²) >= 11 is 0. The van der Waals surface area contributed by atoms with Crippen LogP contribution in [0, 0.1) is 0 Å². The van der Waals surface area contributed by atoms with E-state index in [2.05, 4.69) is 5.32 Å². The Morgan fingerprint density at radius 1 is 0.960 bits per heavy atom. The van der Waals surface area contributed by atoms with Crippen molar-refractivity contribution >= 4 is 32.8 Å². The predicted octanol–water partition coefficient (Wildman–Crippen LogP) is 3.55. The van der Waals surface area contributed by atoms with E-state index in [1.165, 1.54) is 12.1 Å². The number of rotatable bonds is 5. The number of hydrogen-bond acceptors (Lipinski definition) is 4. The van der Waals surface area contributed by atoms with E-state index in [1.807, 2.05) is 12.1 Å². The number of carbonyl (C=O) groups excluding carboxylic acids is 1. The van der Waals surface area contributed by atoms with Crippen LogP contribution in [0.2, 0.25) is 0 Å². The fraction of sp³-hybridized carbons (Fsp3) is 0.235. The summed E-state index contributed by atoms with van der Waals surface area (Å²) in [7, 11) is -4.59. The van der Waals surface area contributed by atoms with Gasteiger partial charge in [0.25, 0.3) is 0 Å². The molecule has 1 aliphatic heterocycles. The number of benzene rings is 2. The van der Waals surface area contributed by atoms with Crippen LogP contribution in [0.1, 0.15) is 12.8 Å². The van der Waals surface area contributed by atoms with Crippen LogP contribution in [-0.4, -0.2) is 26.6 Å². The lowest BCUT2D eigenvalue weighted by molar-refractivity contribution is -0.117. The number of amides is 1. The Balaban J connectivity index is 1.71. The normalized spacial score (nSPS) is 15.0. The lowest BCUT2D eigenvalue weighted by Crippen LogP contribution is -2.23. The van der Waals surface area contributed by atoms with E-state index in [9.17, 15) is 22.0 Å². The van der Waals surface area contributed by atoms with Gasteiger partial charge >= 0.3 is 5.76 Å². The monoisotopic (exact) mass is 366 g/mol. The maximum atomic E-state index is 12.5. The molecule has 0 atom stereocenters. The third-order valence-electron chi connectivity index (χ3n) is 3.96. The largest absolute Gasteiger partial charge is 0.356 e. The molecule has 0 saturated carbocycles. The Morgan fingerprint density at radius 3 is 2.00 bits per heavy atom. The third kappa shape index (κ3) is 3.63. The number of carbonyl (C=O) groups is 1. The average molecular weight is 366 g/mol. The van der Waals surface area contributed by atoms with Crippen molar-refractivity contribution in [3.05, 3.63) is 48.5 Å². The Morgan fingerprint density at radius 2 is 1.52 bits per heavy atom. The van der Waals surface area contributed by atoms with Gasteiger partial charge in [-0.2, -0.15) is 8.78 Å². The minimum absolute atomic E-state index is 0.108. The van der Waals surface area contributed by atoms with Crippen molar-refractivity contribution in [2.45, 2.75) is 23.5 Å². The van der Waals surface area contributed by atoms with Crippen molar-refractivity contribution in [3.8, 4) is 0 Å². The quantitative estimate of drug-likeness (QED) is 0.879. The Hall–Kier alpha value is -2.48. The zero-order chi connectivity index (χ0) is 18.0. The molecule has 1 N–H and O–H groups in total. The fourth-order valence-electron chi connectivity index (χ4n) is 2.64. The molecule has 0 aromatic heterocycles. The summed E-state index contributed by atoms with van der Waals surface area (Å²) in [5.41, 5.74) is 2.13. The van der Waals surface area contributed by atoms with Gasteiger partial charge in [-0.15, -0.1) is 0 Å². The van der Waals surface area contributed by atoms with E-state index in [4.69, 9.17) is 0 Å². The summed E-state index contributed by atoms with van der Waals surface area (Å²) in [6, 6.07) is 12.4. The van der Waals surface area contributed by atoms with Gasteiger partial charge in [0.1, 0.15) is 0 Å². The van der Waals surface area contributed by atoms with Gasteiger partial charge in [-0.1, -0.05) is 0 Å². The van der Waals surface area contributed by atoms with Gasteiger partial charge in [0.15, 0.2) is 0 Å². The smallest absolute Gasteiger partial charge is 0.341 e. The molecule has 25 heavy (non-hydrogen) atoms. The van der Waals surface area contributed by atoms with Crippen molar-refractivity contribution in [1.29, 1.82) is 0 Å². The number of hydrogen-bond donors (Lipinski definition) is 1. The molecule has 5 nitrogen and oxygen atoms in total. The molecule has 1 amide bonds. The molecular formula is C17H16F2N2O3S. The molecule has 0 radical (unpaired) electrons. The maximum Gasteiger partial charge on any atom is 0.341 e. The molecule has 0 spiro atoms. The first kappa shape index (κ1) is 17.3. The highest BCUT2D eigenvalue weighted by atomic mass is 32.2. The summed E-state index contributed by atoms with van der Waals surface area (Å²) < 4.78 is 47.8. The number of anilines is 3. The van der Waals surface area contributed by atoms with E-state index in [-0.39, 0.29) is 5.91 Å². The molecule has 8 heteroatoms. The van der Waals surface area contributed by atoms with Crippen molar-refractivity contribution < 1.29 is 22.0 Å². The molecule has 3 rings (SSSR count). The summed E-state index contributed by atoms with van der Waals surface area (Å²) in [5, 5.41) is 3.06. The molecule has 0 bridgehead atoms. The van der Waals surface area contributed by atoms with E-state index in [0.717, 1.165) is 29.9 Å². The first-order chi connectivity index (χ1) is 11.9. The van der Waals surface area contributed by atoms with E-state index < -0.39 is 20.5 Å². The zero-order valence-corrected chi connectivity index (χ0v) is 14.0. The molecular weight excluding hydrogens is 350 g/mol. The minimum atomic E-state index is -4.59. The highest BCUT2D eigenvalue weighted by molar-refractivity contribution is 7.91. The Labute approximate surface area is 144 Å². The molecule has 2 aromatic carbocycles. The van der Waals surface area contributed by atoms with E-state index in [0.29, 0.717) is 18.7 Å². The van der Waals surface area contributed by atoms with E-state index in [1.54, 1.807) is 17.0 Å². The zero-order valence-electron chi connectivity index (χ0n) is 13.2. The van der Waals surface area contributed by atoms with Gasteiger partial charge in [0.05, 0.1) is 4.90 Å². The SMILES string of the molecule is O=C1CCCN1c1ccc(Nc2ccc(S(=O)(=O)C(F)F)cc2)cc1. The van der Waals surface area contributed by atoms with Crippen molar-refractivity contribution in [2.24, 2.45) is 0 Å². The van der Waals surface area contributed by atoms with Gasteiger partial charge in [-0.25, -0.2) is 8.42 Å². The molecule has 0 aliphatic carbocycles. The predicted molar refractivity (Wildman–Crippen MR) is 90.9 cm³/mol. The maximum absolute atomic E-state index is 12.5. The highest BCUT2D eigenvalue weighted by Gasteiger charge is 2.26. The lowest BCUT2D eigenvalue weighted by atomic mass is 10.2. The molecule has 1 heterocycles. The first-order valence-electron chi connectivity index (χ1n) is 7.67. The van der Waals surface area contributed by atoms with Gasteiger partial charge in [0, 0.05) is 30.0 Å². The summed E-state index contributed by atoms with van der Waals surface area (Å²) in [5.74, 6) is -3.33. The third-order valence-corrected chi connectivity index (χ3v) is 5.36. The molecule has 1 saturated heterocycles. The van der Waals surface area contributed by atoms with Crippen molar-refractivity contribution in [2.75, 3.05) is 16.8 Å². The molecule has 2 aromatic rings. The number of alkyl halides is 2. The fourth-order valence-corrected chi connectivity index (χ4v) is 3.36. The van der Waals surface area contributed by atoms with Crippen LogP contribution in [-0.2, 0) is 14.6 Å². The van der Waals surface area contributed by atoms with Crippen LogP contribution in [0.4, 0.5) is 25.8 Å². The van der Waals surface area contributed by atoms with Crippen LogP contribution in [0.25, 0.3) is 0 Å². The number of halogens is 2. The van der Waals surface area contributed by atoms with Crippen LogP contribution in [0.5, 0.6) is 0 Å². The molecule has 0 unspecified atom stereocenters. The van der Waals surface area contributed by atoms with Crippen LogP contribution < -0.4 is 10.2 Å². The summed E-state index contributed by atoms with van der Waals surface area (Å²) in [4.78, 5) is 13.0. The molecule has 1 aliphatic rings. The molecule has 1 fully saturated rings. The second kappa shape index (κ2) is 6.79. The summed E-state index contributed by atoms with van der Waals surface area (Å²) in [6.45, 7) is 0.714. The molecule has 132 valence electrons. The lowest BCUT2D eigenvalue weighted by Gasteiger charge is -2.16. The second-order valence-electron chi connectivity index (χ2n) is 5.65. The second-order valence-corrected chi connectivity index (χ2v) is 7.57. The number of sulfone groups is 1. The number of nitrogens with one attached hydrogen (secondary N) is 1. The van der Waals surface area contributed by atoms with Gasteiger partial charge in [-0.05, 0) is 55.0 Å². The summed E-state index contributed by atoms with van der Waals surface area (Å²) in [6.07, 6.45) is 1.42. The van der Waals surface area contributed by atoms with E-state index >= 15 is 0 Å². The van der Waals surface area contributed by atoms with Gasteiger partial charge in [-0.3, -0.25) is 4.79 Å². The van der Waals surface area contributed by atoms with Gasteiger partial charge in [0.2, 0.25) is 15.7 Å². The average Bonchev–Trinajstić information content (AvgIpc) is 3.02. The van der Waals surface area contributed by atoms with Crippen LogP contribution in [0.3, 0.4) is 0 Å².